The van der Waals surface area contributed by atoms with E-state index in [0.29, 0.717) is 12.2 Å². The number of hydrogen-bond acceptors (Lipinski definition) is 7. The third-order valence-corrected chi connectivity index (χ3v) is 1.01. The molecule has 88 valence electrons. The van der Waals surface area contributed by atoms with Gasteiger partial charge in [-0.2, -0.15) is 5.26 Å². The molecule has 8 nitrogen and oxygen atoms in total. The molecule has 2 N–H and O–H groups in total. The fourth-order valence-electron chi connectivity index (χ4n) is 0.482. The minimum absolute atomic E-state index is 0.647. The van der Waals surface area contributed by atoms with Crippen LogP contribution in [0, 0.1) is 0 Å². The smallest absolute Gasteiger partial charge is 0.341 e. The topological polar surface area (TPSA) is 119 Å². The molecule has 0 aromatic heterocycles. The van der Waals surface area contributed by atoms with E-state index >= 15 is 0 Å². The summed E-state index contributed by atoms with van der Waals surface area (Å²) in [6.07, 6.45) is 1.30. The number of aliphatic carboxylic acids is 1. The van der Waals surface area contributed by atoms with Gasteiger partial charge < -0.3 is 19.5 Å². The molecular weight excluding hydrogens is 224 g/mol. The van der Waals surface area contributed by atoms with Gasteiger partial charge in [0.05, 0.1) is 0 Å². The molecule has 0 saturated heterocycles. The molecule has 0 unspecified atom stereocenters. The predicted octanol–water partition coefficient (Wildman–Crippen LogP) is -0.326. The van der Waals surface area contributed by atoms with Crippen LogP contribution in [0.15, 0.2) is 24.7 Å². The summed E-state index contributed by atoms with van der Waals surface area (Å²) in [5.41, 5.74) is 0. The fraction of sp³-hybridized carbons (Fsp3) is 0.125. The maximum absolute atomic E-state index is 10.8. The summed E-state index contributed by atoms with van der Waals surface area (Å²) in [6.45, 7) is 2.14. The van der Waals surface area contributed by atoms with Crippen molar-refractivity contribution in [1.82, 2.24) is 0 Å². The number of carboxylic acid groups (broad SMARTS) is 1. The van der Waals surface area contributed by atoms with Gasteiger partial charge in [-0.15, -0.1) is 0 Å². The lowest BCUT2D eigenvalue weighted by Gasteiger charge is -1.99. The second-order valence-corrected chi connectivity index (χ2v) is 2.22. The zero-order valence-corrected chi connectivity index (χ0v) is 7.91. The number of carbonyl (C=O) groups excluding carboxylic acids is 2. The van der Waals surface area contributed by atoms with Gasteiger partial charge in [-0.05, 0) is 6.58 Å². The van der Waals surface area contributed by atoms with Crippen LogP contribution in [-0.2, 0) is 28.7 Å². The van der Waals surface area contributed by atoms with Crippen molar-refractivity contribution in [3.05, 3.63) is 24.7 Å². The highest BCUT2D eigenvalue weighted by atomic mass is 17.1. The normalized spacial score (nSPS) is 9.56. The molecule has 0 rings (SSSR count). The number of carbonyl (C=O) groups is 3. The lowest BCUT2D eigenvalue weighted by molar-refractivity contribution is -0.240. The Hall–Kier alpha value is -2.35. The van der Waals surface area contributed by atoms with Gasteiger partial charge >= 0.3 is 23.9 Å². The first-order chi connectivity index (χ1) is 7.45. The van der Waals surface area contributed by atoms with Gasteiger partial charge in [0.2, 0.25) is 0 Å². The van der Waals surface area contributed by atoms with Crippen LogP contribution in [0.25, 0.3) is 0 Å². The fourth-order valence-corrected chi connectivity index (χ4v) is 0.482. The zero-order chi connectivity index (χ0) is 12.6. The highest BCUT2D eigenvalue weighted by Gasteiger charge is 2.05. The molecule has 0 radical (unpaired) electrons. The van der Waals surface area contributed by atoms with Gasteiger partial charge in [0.25, 0.3) is 0 Å². The van der Waals surface area contributed by atoms with Crippen LogP contribution in [0.4, 0.5) is 0 Å². The molecule has 0 amide bonds. The molecule has 0 spiro atoms. The molecule has 0 fully saturated rings. The molecular formula is C8H8O8. The van der Waals surface area contributed by atoms with Crippen molar-refractivity contribution >= 4 is 17.9 Å². The van der Waals surface area contributed by atoms with Crippen molar-refractivity contribution in [2.24, 2.45) is 0 Å². The Balaban J connectivity index is 3.98. The summed E-state index contributed by atoms with van der Waals surface area (Å²) in [5.74, 6) is -4.08. The summed E-state index contributed by atoms with van der Waals surface area (Å²) in [6, 6.07) is 0. The molecule has 0 aliphatic rings. The summed E-state index contributed by atoms with van der Waals surface area (Å²) >= 11 is 0. The average Bonchev–Trinajstić information content (AvgIpc) is 2.23. The van der Waals surface area contributed by atoms with E-state index in [1.165, 1.54) is 0 Å². The van der Waals surface area contributed by atoms with Crippen molar-refractivity contribution in [2.75, 3.05) is 6.61 Å². The second kappa shape index (κ2) is 7.01. The van der Waals surface area contributed by atoms with Crippen molar-refractivity contribution in [2.45, 2.75) is 0 Å². The Morgan fingerprint density at radius 2 is 1.75 bits per heavy atom. The summed E-state index contributed by atoms with van der Waals surface area (Å²) in [4.78, 5) is 34.9. The molecule has 0 bridgehead atoms. The van der Waals surface area contributed by atoms with Crippen LogP contribution in [0.3, 0.4) is 0 Å². The minimum atomic E-state index is -1.33. The van der Waals surface area contributed by atoms with Gasteiger partial charge in [-0.3, -0.25) is 0 Å². The van der Waals surface area contributed by atoms with Crippen molar-refractivity contribution in [3.63, 3.8) is 0 Å². The van der Waals surface area contributed by atoms with E-state index < -0.39 is 30.5 Å². The van der Waals surface area contributed by atoms with Crippen LogP contribution in [-0.4, -0.2) is 34.9 Å². The van der Waals surface area contributed by atoms with Gasteiger partial charge in [0, 0.05) is 12.2 Å². The Morgan fingerprint density at radius 1 is 1.19 bits per heavy atom. The molecule has 8 heteroatoms. The van der Waals surface area contributed by atoms with Gasteiger partial charge in [-0.25, -0.2) is 14.4 Å². The average molecular weight is 232 g/mol. The standard InChI is InChI=1S/C8H8O8/c1-5(16-13)15-8(12)3-2-7(11)14-4-6(9)10/h2-3,13H,1,4H2,(H,9,10). The first-order valence-electron chi connectivity index (χ1n) is 3.74. The van der Waals surface area contributed by atoms with Crippen molar-refractivity contribution < 1.29 is 39.1 Å². The highest BCUT2D eigenvalue weighted by molar-refractivity contribution is 5.92. The lowest BCUT2D eigenvalue weighted by atomic mass is 10.5. The van der Waals surface area contributed by atoms with Gasteiger partial charge in [0.15, 0.2) is 6.61 Å². The summed E-state index contributed by atoms with van der Waals surface area (Å²) in [7, 11) is 0. The molecule has 0 aromatic rings. The Kier molecular flexibility index (Phi) is 5.98. The molecule has 0 atom stereocenters. The largest absolute Gasteiger partial charge is 0.479 e. The third-order valence-electron chi connectivity index (χ3n) is 1.01. The Labute approximate surface area is 89.3 Å². The molecule has 16 heavy (non-hydrogen) atoms. The number of hydrogen-bond donors (Lipinski definition) is 2. The minimum Gasteiger partial charge on any atom is -0.479 e. The monoisotopic (exact) mass is 232 g/mol. The van der Waals surface area contributed by atoms with E-state index in [1.807, 2.05) is 0 Å². The van der Waals surface area contributed by atoms with E-state index in [1.54, 1.807) is 0 Å². The molecule has 0 aliphatic carbocycles. The van der Waals surface area contributed by atoms with E-state index in [2.05, 4.69) is 20.9 Å². The first kappa shape index (κ1) is 13.7. The van der Waals surface area contributed by atoms with Gasteiger partial charge in [0.1, 0.15) is 0 Å². The van der Waals surface area contributed by atoms with Crippen molar-refractivity contribution in [3.8, 4) is 0 Å². The number of ether oxygens (including phenoxy) is 2. The van der Waals surface area contributed by atoms with Crippen LogP contribution >= 0.6 is 0 Å². The summed E-state index contributed by atoms with van der Waals surface area (Å²) < 4.78 is 8.31. The number of carboxylic acids is 1. The van der Waals surface area contributed by atoms with Crippen LogP contribution < -0.4 is 0 Å². The maximum atomic E-state index is 10.8. The first-order valence-corrected chi connectivity index (χ1v) is 3.74. The molecule has 0 aromatic carbocycles. The number of esters is 2. The SMILES string of the molecule is C=C(OO)OC(=O)C=CC(=O)OCC(=O)O. The quantitative estimate of drug-likeness (QED) is 0.210. The molecule has 0 heterocycles. The molecule has 0 saturated carbocycles. The summed E-state index contributed by atoms with van der Waals surface area (Å²) in [5, 5.41) is 16.1. The van der Waals surface area contributed by atoms with Crippen molar-refractivity contribution in [1.29, 1.82) is 0 Å². The van der Waals surface area contributed by atoms with E-state index in [4.69, 9.17) is 10.4 Å². The predicted molar refractivity (Wildman–Crippen MR) is 46.7 cm³/mol. The van der Waals surface area contributed by atoms with E-state index in [0.717, 1.165) is 0 Å². The Bertz CT molecular complexity index is 329. The van der Waals surface area contributed by atoms with Gasteiger partial charge in [-0.1, -0.05) is 0 Å². The maximum Gasteiger partial charge on any atom is 0.341 e. The van der Waals surface area contributed by atoms with E-state index in [-0.39, 0.29) is 0 Å². The lowest BCUT2D eigenvalue weighted by Crippen LogP contribution is -2.11. The number of rotatable bonds is 6. The van der Waals surface area contributed by atoms with E-state index in [9.17, 15) is 14.4 Å². The second-order valence-electron chi connectivity index (χ2n) is 2.22. The van der Waals surface area contributed by atoms with Crippen LogP contribution in [0.1, 0.15) is 0 Å². The third kappa shape index (κ3) is 7.09. The van der Waals surface area contributed by atoms with Crippen LogP contribution in [0.2, 0.25) is 0 Å². The zero-order valence-electron chi connectivity index (χ0n) is 7.91. The highest BCUT2D eigenvalue weighted by Crippen LogP contribution is 1.95. The van der Waals surface area contributed by atoms with Crippen LogP contribution in [0.5, 0.6) is 0 Å². The molecule has 0 aliphatic heterocycles. The Morgan fingerprint density at radius 3 is 2.25 bits per heavy atom.